The Hall–Kier alpha value is -1.85. The number of carbonyl (C=O) groups excluding carboxylic acids is 1. The zero-order valence-corrected chi connectivity index (χ0v) is 10.6. The lowest BCUT2D eigenvalue weighted by molar-refractivity contribution is 0.0912. The molecule has 6 heteroatoms. The van der Waals surface area contributed by atoms with Crippen LogP contribution in [0.25, 0.3) is 0 Å². The van der Waals surface area contributed by atoms with Crippen molar-refractivity contribution in [2.45, 2.75) is 6.10 Å². The summed E-state index contributed by atoms with van der Waals surface area (Å²) in [4.78, 5) is 14.4. The van der Waals surface area contributed by atoms with Crippen LogP contribution in [0.5, 0.6) is 0 Å². The number of amides is 1. The van der Waals surface area contributed by atoms with Gasteiger partial charge >= 0.3 is 0 Å². The molecule has 3 N–H and O–H groups in total. The summed E-state index contributed by atoms with van der Waals surface area (Å²) in [7, 11) is 0. The monoisotopic (exact) mass is 282 g/mol. The molecule has 0 saturated heterocycles. The van der Waals surface area contributed by atoms with E-state index >= 15 is 0 Å². The standard InChI is InChI=1S/C13H12ClFN2O2/c14-9-5-11(16-6-9)13(19)17-7-12(18)8-1-3-10(15)4-2-8/h1-6,12,16,18H,7H2,(H,17,19). The number of aliphatic hydroxyl groups excluding tert-OH is 1. The predicted molar refractivity (Wildman–Crippen MR) is 69.5 cm³/mol. The van der Waals surface area contributed by atoms with Crippen LogP contribution in [-0.4, -0.2) is 22.5 Å². The second-order valence-electron chi connectivity index (χ2n) is 4.01. The molecule has 0 aliphatic heterocycles. The van der Waals surface area contributed by atoms with Gasteiger partial charge in [0.2, 0.25) is 0 Å². The lowest BCUT2D eigenvalue weighted by Gasteiger charge is -2.11. The minimum atomic E-state index is -0.894. The van der Waals surface area contributed by atoms with Gasteiger partial charge in [-0.15, -0.1) is 0 Å². The largest absolute Gasteiger partial charge is 0.387 e. The number of halogens is 2. The van der Waals surface area contributed by atoms with Gasteiger partial charge in [0, 0.05) is 12.7 Å². The first-order valence-electron chi connectivity index (χ1n) is 5.62. The van der Waals surface area contributed by atoms with Gasteiger partial charge in [-0.3, -0.25) is 4.79 Å². The lowest BCUT2D eigenvalue weighted by Crippen LogP contribution is -2.28. The van der Waals surface area contributed by atoms with Crippen LogP contribution in [0, 0.1) is 5.82 Å². The summed E-state index contributed by atoms with van der Waals surface area (Å²) in [6.07, 6.45) is 0.599. The van der Waals surface area contributed by atoms with Gasteiger partial charge in [0.1, 0.15) is 11.5 Å². The van der Waals surface area contributed by atoms with E-state index in [4.69, 9.17) is 11.6 Å². The third kappa shape index (κ3) is 3.56. The Morgan fingerprint density at radius 2 is 2.11 bits per heavy atom. The number of hydrogen-bond acceptors (Lipinski definition) is 2. The minimum absolute atomic E-state index is 0.0289. The summed E-state index contributed by atoms with van der Waals surface area (Å²) >= 11 is 5.68. The smallest absolute Gasteiger partial charge is 0.267 e. The van der Waals surface area contributed by atoms with E-state index in [2.05, 4.69) is 10.3 Å². The Balaban J connectivity index is 1.91. The van der Waals surface area contributed by atoms with Crippen LogP contribution in [0.15, 0.2) is 36.5 Å². The number of nitrogens with one attached hydrogen (secondary N) is 2. The molecule has 1 aromatic heterocycles. The summed E-state index contributed by atoms with van der Waals surface area (Å²) in [6, 6.07) is 6.94. The SMILES string of the molecule is O=C(NCC(O)c1ccc(F)cc1)c1cc(Cl)c[nH]1. The van der Waals surface area contributed by atoms with E-state index in [0.29, 0.717) is 16.3 Å². The molecule has 0 bridgehead atoms. The van der Waals surface area contributed by atoms with Gasteiger partial charge in [-0.25, -0.2) is 4.39 Å². The number of aromatic amines is 1. The molecule has 0 saturated carbocycles. The Labute approximate surface area is 114 Å². The van der Waals surface area contributed by atoms with Crippen molar-refractivity contribution in [1.82, 2.24) is 10.3 Å². The molecule has 19 heavy (non-hydrogen) atoms. The molecule has 1 amide bonds. The van der Waals surface area contributed by atoms with Crippen LogP contribution in [0.4, 0.5) is 4.39 Å². The van der Waals surface area contributed by atoms with Gasteiger partial charge in [0.25, 0.3) is 5.91 Å². The highest BCUT2D eigenvalue weighted by atomic mass is 35.5. The number of aliphatic hydroxyl groups is 1. The molecule has 0 fully saturated rings. The molecule has 0 radical (unpaired) electrons. The Morgan fingerprint density at radius 1 is 1.42 bits per heavy atom. The summed E-state index contributed by atoms with van der Waals surface area (Å²) in [5.41, 5.74) is 0.850. The summed E-state index contributed by atoms with van der Waals surface area (Å²) in [5, 5.41) is 12.8. The van der Waals surface area contributed by atoms with E-state index < -0.39 is 6.10 Å². The van der Waals surface area contributed by atoms with E-state index in [1.54, 1.807) is 0 Å². The van der Waals surface area contributed by atoms with E-state index in [-0.39, 0.29) is 18.3 Å². The predicted octanol–water partition coefficient (Wildman–Crippen LogP) is 2.27. The van der Waals surface area contributed by atoms with Crippen molar-refractivity contribution < 1.29 is 14.3 Å². The van der Waals surface area contributed by atoms with Crippen LogP contribution in [0.3, 0.4) is 0 Å². The number of benzene rings is 1. The van der Waals surface area contributed by atoms with Crippen LogP contribution in [-0.2, 0) is 0 Å². The van der Waals surface area contributed by atoms with E-state index in [1.807, 2.05) is 0 Å². The molecule has 1 aromatic carbocycles. The van der Waals surface area contributed by atoms with Crippen molar-refractivity contribution in [1.29, 1.82) is 0 Å². The molecule has 4 nitrogen and oxygen atoms in total. The Kier molecular flexibility index (Phi) is 4.19. The fourth-order valence-electron chi connectivity index (χ4n) is 1.59. The third-order valence-corrected chi connectivity index (χ3v) is 2.82. The quantitative estimate of drug-likeness (QED) is 0.805. The van der Waals surface area contributed by atoms with Crippen molar-refractivity contribution in [3.05, 3.63) is 58.6 Å². The number of H-pyrrole nitrogens is 1. The fourth-order valence-corrected chi connectivity index (χ4v) is 1.75. The maximum Gasteiger partial charge on any atom is 0.267 e. The molecule has 100 valence electrons. The molecule has 2 aromatic rings. The molecule has 0 aliphatic carbocycles. The number of aromatic nitrogens is 1. The second-order valence-corrected chi connectivity index (χ2v) is 4.45. The van der Waals surface area contributed by atoms with Crippen LogP contribution in [0.2, 0.25) is 5.02 Å². The number of hydrogen-bond donors (Lipinski definition) is 3. The van der Waals surface area contributed by atoms with Gasteiger partial charge < -0.3 is 15.4 Å². The maximum absolute atomic E-state index is 12.7. The molecule has 0 spiro atoms. The van der Waals surface area contributed by atoms with Gasteiger partial charge in [-0.2, -0.15) is 0 Å². The lowest BCUT2D eigenvalue weighted by atomic mass is 10.1. The summed E-state index contributed by atoms with van der Waals surface area (Å²) < 4.78 is 12.7. The first-order chi connectivity index (χ1) is 9.06. The highest BCUT2D eigenvalue weighted by Crippen LogP contribution is 2.13. The molecule has 1 atom stereocenters. The second kappa shape index (κ2) is 5.86. The van der Waals surface area contributed by atoms with E-state index in [0.717, 1.165) is 0 Å². The van der Waals surface area contributed by atoms with Crippen molar-refractivity contribution in [2.75, 3.05) is 6.54 Å². The molecule has 0 aliphatic rings. The molecular formula is C13H12ClFN2O2. The normalized spacial score (nSPS) is 12.2. The van der Waals surface area contributed by atoms with Gasteiger partial charge in [-0.1, -0.05) is 23.7 Å². The first kappa shape index (κ1) is 13.6. The van der Waals surface area contributed by atoms with Gasteiger partial charge in [-0.05, 0) is 23.8 Å². The average Bonchev–Trinajstić information content (AvgIpc) is 2.83. The molecule has 1 heterocycles. The van der Waals surface area contributed by atoms with Crippen LogP contribution < -0.4 is 5.32 Å². The van der Waals surface area contributed by atoms with Crippen LogP contribution in [0.1, 0.15) is 22.2 Å². The van der Waals surface area contributed by atoms with Gasteiger partial charge in [0.05, 0.1) is 11.1 Å². The average molecular weight is 283 g/mol. The van der Waals surface area contributed by atoms with Crippen molar-refractivity contribution in [3.8, 4) is 0 Å². The minimum Gasteiger partial charge on any atom is -0.387 e. The number of rotatable bonds is 4. The summed E-state index contributed by atoms with van der Waals surface area (Å²) in [5.74, 6) is -0.742. The Bertz CT molecular complexity index is 568. The van der Waals surface area contributed by atoms with E-state index in [9.17, 15) is 14.3 Å². The number of carbonyl (C=O) groups is 1. The molecule has 2 rings (SSSR count). The highest BCUT2D eigenvalue weighted by Gasteiger charge is 2.12. The molecule has 1 unspecified atom stereocenters. The zero-order chi connectivity index (χ0) is 13.8. The van der Waals surface area contributed by atoms with E-state index in [1.165, 1.54) is 36.5 Å². The van der Waals surface area contributed by atoms with Crippen LogP contribution >= 0.6 is 11.6 Å². The first-order valence-corrected chi connectivity index (χ1v) is 5.99. The third-order valence-electron chi connectivity index (χ3n) is 2.60. The van der Waals surface area contributed by atoms with Crippen molar-refractivity contribution in [2.24, 2.45) is 0 Å². The van der Waals surface area contributed by atoms with Crippen molar-refractivity contribution >= 4 is 17.5 Å². The summed E-state index contributed by atoms with van der Waals surface area (Å²) in [6.45, 7) is 0.0289. The Morgan fingerprint density at radius 3 is 2.68 bits per heavy atom. The van der Waals surface area contributed by atoms with Crippen molar-refractivity contribution in [3.63, 3.8) is 0 Å². The maximum atomic E-state index is 12.7. The topological polar surface area (TPSA) is 65.1 Å². The zero-order valence-electron chi connectivity index (χ0n) is 9.86. The highest BCUT2D eigenvalue weighted by molar-refractivity contribution is 6.30. The van der Waals surface area contributed by atoms with Gasteiger partial charge in [0.15, 0.2) is 0 Å². The molecular weight excluding hydrogens is 271 g/mol. The fraction of sp³-hybridized carbons (Fsp3) is 0.154.